The van der Waals surface area contributed by atoms with E-state index in [1.54, 1.807) is 22.1 Å². The molecular weight excluding hydrogens is 236 g/mol. The van der Waals surface area contributed by atoms with Crippen LogP contribution in [0.1, 0.15) is 27.2 Å². The van der Waals surface area contributed by atoms with Gasteiger partial charge in [0.15, 0.2) is 5.69 Å². The first-order chi connectivity index (χ1) is 8.02. The first-order valence-corrected chi connectivity index (χ1v) is 6.23. The lowest BCUT2D eigenvalue weighted by atomic mass is 10.1. The number of hydrogen-bond acceptors (Lipinski definition) is 3. The van der Waals surface area contributed by atoms with Gasteiger partial charge < -0.3 is 5.11 Å². The number of rotatable bonds is 3. The van der Waals surface area contributed by atoms with E-state index < -0.39 is 5.97 Å². The van der Waals surface area contributed by atoms with Crippen molar-refractivity contribution in [2.45, 2.75) is 27.3 Å². The Balaban J connectivity index is 2.58. The van der Waals surface area contributed by atoms with E-state index in [1.165, 1.54) is 9.75 Å². The van der Waals surface area contributed by atoms with Crippen LogP contribution in [0.2, 0.25) is 0 Å². The molecule has 2 rings (SSSR count). The Labute approximate surface area is 104 Å². The lowest BCUT2D eigenvalue weighted by Gasteiger charge is -2.02. The molecular formula is C12H14N2O2S. The van der Waals surface area contributed by atoms with Gasteiger partial charge in [0.2, 0.25) is 0 Å². The average Bonchev–Trinajstić information content (AvgIpc) is 2.81. The third-order valence-corrected chi connectivity index (χ3v) is 3.58. The van der Waals surface area contributed by atoms with Gasteiger partial charge in [-0.3, -0.25) is 4.68 Å². The second-order valence-electron chi connectivity index (χ2n) is 3.86. The highest BCUT2D eigenvalue weighted by molar-refractivity contribution is 7.12. The fraction of sp³-hybridized carbons (Fsp3) is 0.333. The molecule has 0 radical (unpaired) electrons. The minimum Gasteiger partial charge on any atom is -0.476 e. The van der Waals surface area contributed by atoms with Gasteiger partial charge in [0.1, 0.15) is 0 Å². The molecule has 0 saturated carbocycles. The van der Waals surface area contributed by atoms with Crippen LogP contribution in [0.5, 0.6) is 0 Å². The number of hydrogen-bond donors (Lipinski definition) is 1. The maximum absolute atomic E-state index is 10.9. The first kappa shape index (κ1) is 11.9. The van der Waals surface area contributed by atoms with Crippen molar-refractivity contribution in [1.82, 2.24) is 9.78 Å². The van der Waals surface area contributed by atoms with Crippen molar-refractivity contribution >= 4 is 17.3 Å². The SMILES string of the molecule is CCn1nc(C(=O)O)cc1-c1cc(C)sc1C. The summed E-state index contributed by atoms with van der Waals surface area (Å²) in [5.41, 5.74) is 2.06. The molecule has 0 aliphatic carbocycles. The van der Waals surface area contributed by atoms with Gasteiger partial charge in [-0.15, -0.1) is 11.3 Å². The fourth-order valence-electron chi connectivity index (χ4n) is 1.86. The zero-order chi connectivity index (χ0) is 12.6. The van der Waals surface area contributed by atoms with Gasteiger partial charge in [-0.1, -0.05) is 0 Å². The zero-order valence-electron chi connectivity index (χ0n) is 10.0. The highest BCUT2D eigenvalue weighted by Crippen LogP contribution is 2.31. The minimum atomic E-state index is -0.983. The molecule has 1 N–H and O–H groups in total. The molecule has 2 heterocycles. The van der Waals surface area contributed by atoms with E-state index >= 15 is 0 Å². The molecule has 0 atom stereocenters. The van der Waals surface area contributed by atoms with Crippen molar-refractivity contribution in [3.05, 3.63) is 27.6 Å². The van der Waals surface area contributed by atoms with Crippen LogP contribution in [0, 0.1) is 13.8 Å². The number of carbonyl (C=O) groups is 1. The Morgan fingerprint density at radius 3 is 2.65 bits per heavy atom. The summed E-state index contributed by atoms with van der Waals surface area (Å²) in [7, 11) is 0. The van der Waals surface area contributed by atoms with Gasteiger partial charge >= 0.3 is 5.97 Å². The average molecular weight is 250 g/mol. The summed E-state index contributed by atoms with van der Waals surface area (Å²) >= 11 is 1.71. The summed E-state index contributed by atoms with van der Waals surface area (Å²) < 4.78 is 1.73. The standard InChI is InChI=1S/C12H14N2O2S/c1-4-14-11(6-10(13-14)12(15)16)9-5-7(2)17-8(9)3/h5-6H,4H2,1-3H3,(H,15,16). The van der Waals surface area contributed by atoms with Crippen molar-refractivity contribution < 1.29 is 9.90 Å². The largest absolute Gasteiger partial charge is 0.476 e. The van der Waals surface area contributed by atoms with Crippen LogP contribution in [-0.2, 0) is 6.54 Å². The van der Waals surface area contributed by atoms with E-state index in [2.05, 4.69) is 11.2 Å². The lowest BCUT2D eigenvalue weighted by Crippen LogP contribution is -2.02. The maximum Gasteiger partial charge on any atom is 0.356 e. The number of aromatic carboxylic acids is 1. The molecule has 0 amide bonds. The zero-order valence-corrected chi connectivity index (χ0v) is 10.8. The summed E-state index contributed by atoms with van der Waals surface area (Å²) in [6.07, 6.45) is 0. The van der Waals surface area contributed by atoms with Crippen LogP contribution in [0.3, 0.4) is 0 Å². The number of carboxylic acid groups (broad SMARTS) is 1. The van der Waals surface area contributed by atoms with Gasteiger partial charge in [-0.2, -0.15) is 5.10 Å². The van der Waals surface area contributed by atoms with E-state index in [9.17, 15) is 4.79 Å². The molecule has 2 aromatic rings. The van der Waals surface area contributed by atoms with Crippen molar-refractivity contribution in [3.63, 3.8) is 0 Å². The second kappa shape index (κ2) is 4.33. The van der Waals surface area contributed by atoms with Crippen molar-refractivity contribution in [1.29, 1.82) is 0 Å². The van der Waals surface area contributed by atoms with Crippen LogP contribution < -0.4 is 0 Å². The Bertz CT molecular complexity index is 569. The molecule has 0 spiro atoms. The highest BCUT2D eigenvalue weighted by atomic mass is 32.1. The molecule has 0 bridgehead atoms. The van der Waals surface area contributed by atoms with E-state index in [-0.39, 0.29) is 5.69 Å². The summed E-state index contributed by atoms with van der Waals surface area (Å²) in [6.45, 7) is 6.71. The van der Waals surface area contributed by atoms with Gasteiger partial charge in [0.25, 0.3) is 0 Å². The maximum atomic E-state index is 10.9. The van der Waals surface area contributed by atoms with E-state index in [4.69, 9.17) is 5.11 Å². The predicted octanol–water partition coefficient (Wildman–Crippen LogP) is 2.95. The molecule has 17 heavy (non-hydrogen) atoms. The first-order valence-electron chi connectivity index (χ1n) is 5.41. The van der Waals surface area contributed by atoms with Crippen molar-refractivity contribution in [3.8, 4) is 11.3 Å². The normalized spacial score (nSPS) is 10.8. The third kappa shape index (κ3) is 2.10. The molecule has 0 fully saturated rings. The molecule has 0 saturated heterocycles. The fourth-order valence-corrected chi connectivity index (χ4v) is 2.80. The molecule has 5 heteroatoms. The van der Waals surface area contributed by atoms with Crippen molar-refractivity contribution in [2.75, 3.05) is 0 Å². The van der Waals surface area contributed by atoms with E-state index in [1.807, 2.05) is 20.8 Å². The molecule has 4 nitrogen and oxygen atoms in total. The monoisotopic (exact) mass is 250 g/mol. The highest BCUT2D eigenvalue weighted by Gasteiger charge is 2.16. The Morgan fingerprint density at radius 1 is 1.47 bits per heavy atom. The summed E-state index contributed by atoms with van der Waals surface area (Å²) in [6, 6.07) is 3.72. The molecule has 0 aliphatic heterocycles. The Morgan fingerprint density at radius 2 is 2.18 bits per heavy atom. The van der Waals surface area contributed by atoms with Gasteiger partial charge in [0, 0.05) is 21.9 Å². The Hall–Kier alpha value is -1.62. The lowest BCUT2D eigenvalue weighted by molar-refractivity contribution is 0.0689. The van der Waals surface area contributed by atoms with Crippen LogP contribution in [-0.4, -0.2) is 20.9 Å². The summed E-state index contributed by atoms with van der Waals surface area (Å²) in [4.78, 5) is 13.3. The number of nitrogens with zero attached hydrogens (tertiary/aromatic N) is 2. The van der Waals surface area contributed by atoms with Crippen LogP contribution in [0.4, 0.5) is 0 Å². The predicted molar refractivity (Wildman–Crippen MR) is 67.6 cm³/mol. The van der Waals surface area contributed by atoms with Crippen LogP contribution in [0.15, 0.2) is 12.1 Å². The summed E-state index contributed by atoms with van der Waals surface area (Å²) in [5.74, 6) is -0.983. The van der Waals surface area contributed by atoms with E-state index in [0.29, 0.717) is 6.54 Å². The number of aromatic nitrogens is 2. The third-order valence-electron chi connectivity index (χ3n) is 2.62. The number of aryl methyl sites for hydroxylation is 3. The molecule has 0 unspecified atom stereocenters. The minimum absolute atomic E-state index is 0.102. The molecule has 0 aromatic carbocycles. The topological polar surface area (TPSA) is 55.1 Å². The van der Waals surface area contributed by atoms with Gasteiger partial charge in [-0.25, -0.2) is 4.79 Å². The van der Waals surface area contributed by atoms with Crippen LogP contribution in [0.25, 0.3) is 11.3 Å². The molecule has 90 valence electrons. The number of thiophene rings is 1. The quantitative estimate of drug-likeness (QED) is 0.911. The molecule has 2 aromatic heterocycles. The second-order valence-corrected chi connectivity index (χ2v) is 5.32. The van der Waals surface area contributed by atoms with E-state index in [0.717, 1.165) is 11.3 Å². The van der Waals surface area contributed by atoms with Crippen LogP contribution >= 0.6 is 11.3 Å². The molecule has 0 aliphatic rings. The van der Waals surface area contributed by atoms with Gasteiger partial charge in [-0.05, 0) is 32.9 Å². The number of carboxylic acids is 1. The van der Waals surface area contributed by atoms with Gasteiger partial charge in [0.05, 0.1) is 5.69 Å². The van der Waals surface area contributed by atoms with Crippen molar-refractivity contribution in [2.24, 2.45) is 0 Å². The smallest absolute Gasteiger partial charge is 0.356 e. The Kier molecular flexibility index (Phi) is 3.02. The summed E-state index contributed by atoms with van der Waals surface area (Å²) in [5, 5.41) is 13.0.